The molecule has 1 unspecified atom stereocenters. The van der Waals surface area contributed by atoms with Crippen LogP contribution in [0.3, 0.4) is 0 Å². The Morgan fingerprint density at radius 3 is 2.72 bits per heavy atom. The van der Waals surface area contributed by atoms with Crippen LogP contribution < -0.4 is 5.73 Å². The lowest BCUT2D eigenvalue weighted by Gasteiger charge is -2.12. The number of halogens is 1. The molecular weight excluding hydrogens is 328 g/mol. The summed E-state index contributed by atoms with van der Waals surface area (Å²) in [5, 5.41) is 3.41. The van der Waals surface area contributed by atoms with Gasteiger partial charge >= 0.3 is 0 Å². The first kappa shape index (κ1) is 14.1. The van der Waals surface area contributed by atoms with E-state index in [0.717, 1.165) is 15.2 Å². The van der Waals surface area contributed by atoms with Crippen LogP contribution in [-0.4, -0.2) is 11.5 Å². The summed E-state index contributed by atoms with van der Waals surface area (Å²) in [6, 6.07) is 6.34. The Kier molecular flexibility index (Phi) is 4.84. The number of hydrogen-bond donors (Lipinski definition) is 1. The van der Waals surface area contributed by atoms with Gasteiger partial charge in [0.1, 0.15) is 0 Å². The molecule has 2 aromatic heterocycles. The molecule has 0 radical (unpaired) electrons. The summed E-state index contributed by atoms with van der Waals surface area (Å²) < 4.78 is 1.12. The smallest absolute Gasteiger partial charge is 0.0972 e. The summed E-state index contributed by atoms with van der Waals surface area (Å²) in [6.45, 7) is 4.74. The molecule has 2 N–H and O–H groups in total. The second kappa shape index (κ2) is 6.19. The maximum Gasteiger partial charge on any atom is 0.0972 e. The third-order valence-electron chi connectivity index (χ3n) is 2.46. The Morgan fingerprint density at radius 1 is 1.39 bits per heavy atom. The highest BCUT2D eigenvalue weighted by atomic mass is 79.9. The van der Waals surface area contributed by atoms with Gasteiger partial charge in [0.05, 0.1) is 10.3 Å². The Hall–Kier alpha value is -0.360. The van der Waals surface area contributed by atoms with Crippen LogP contribution in [0.2, 0.25) is 0 Å². The largest absolute Gasteiger partial charge is 0.329 e. The van der Waals surface area contributed by atoms with Crippen molar-refractivity contribution in [1.82, 2.24) is 4.98 Å². The predicted molar refractivity (Wildman–Crippen MR) is 83.4 cm³/mol. The summed E-state index contributed by atoms with van der Waals surface area (Å²) in [4.78, 5) is 5.84. The lowest BCUT2D eigenvalue weighted by atomic mass is 10.3. The molecule has 18 heavy (non-hydrogen) atoms. The lowest BCUT2D eigenvalue weighted by Crippen LogP contribution is -2.08. The van der Waals surface area contributed by atoms with Crippen molar-refractivity contribution in [3.05, 3.63) is 44.2 Å². The summed E-state index contributed by atoms with van der Waals surface area (Å²) in [5.74, 6) is 0. The Balaban J connectivity index is 2.20. The maximum atomic E-state index is 5.88. The van der Waals surface area contributed by atoms with Gasteiger partial charge in [0.2, 0.25) is 0 Å². The standard InChI is InChI=1S/C13H15BrN2S2/c1-8-3-9(2)16-13(4-8)18-12(6-15)11-5-10(14)7-17-11/h3-5,7,12H,6,15H2,1-2H3. The minimum atomic E-state index is 0.273. The quantitative estimate of drug-likeness (QED) is 0.841. The van der Waals surface area contributed by atoms with Gasteiger partial charge in [0.25, 0.3) is 0 Å². The fourth-order valence-corrected chi connectivity index (χ4v) is 4.50. The van der Waals surface area contributed by atoms with Crippen LogP contribution in [0.5, 0.6) is 0 Å². The van der Waals surface area contributed by atoms with Gasteiger partial charge < -0.3 is 5.73 Å². The molecule has 2 heterocycles. The molecule has 0 spiro atoms. The predicted octanol–water partition coefficient (Wildman–Crippen LogP) is 4.31. The zero-order valence-electron chi connectivity index (χ0n) is 10.3. The molecule has 0 fully saturated rings. The average Bonchev–Trinajstić information content (AvgIpc) is 2.71. The second-order valence-electron chi connectivity index (χ2n) is 4.13. The Morgan fingerprint density at radius 2 is 2.17 bits per heavy atom. The van der Waals surface area contributed by atoms with Crippen molar-refractivity contribution in [2.45, 2.75) is 24.1 Å². The molecule has 2 aromatic rings. The van der Waals surface area contributed by atoms with E-state index < -0.39 is 0 Å². The van der Waals surface area contributed by atoms with Gasteiger partial charge in [-0.1, -0.05) is 11.8 Å². The molecule has 2 nitrogen and oxygen atoms in total. The Labute approximate surface area is 124 Å². The lowest BCUT2D eigenvalue weighted by molar-refractivity contribution is 0.947. The van der Waals surface area contributed by atoms with E-state index in [9.17, 15) is 0 Å². The Bertz CT molecular complexity index is 519. The fraction of sp³-hybridized carbons (Fsp3) is 0.308. The van der Waals surface area contributed by atoms with E-state index >= 15 is 0 Å². The van der Waals surface area contributed by atoms with Crippen LogP contribution in [0, 0.1) is 13.8 Å². The zero-order valence-corrected chi connectivity index (χ0v) is 13.5. The van der Waals surface area contributed by atoms with Gasteiger partial charge in [-0.3, -0.25) is 0 Å². The van der Waals surface area contributed by atoms with Crippen LogP contribution in [0.25, 0.3) is 0 Å². The molecule has 0 aromatic carbocycles. The van der Waals surface area contributed by atoms with Crippen LogP contribution in [-0.2, 0) is 0 Å². The number of nitrogens with zero attached hydrogens (tertiary/aromatic N) is 1. The first-order chi connectivity index (χ1) is 8.58. The number of aromatic nitrogens is 1. The van der Waals surface area contributed by atoms with Crippen molar-refractivity contribution >= 4 is 39.0 Å². The molecular formula is C13H15BrN2S2. The van der Waals surface area contributed by atoms with Crippen LogP contribution in [0.15, 0.2) is 33.1 Å². The van der Waals surface area contributed by atoms with E-state index in [1.807, 2.05) is 6.92 Å². The van der Waals surface area contributed by atoms with Crippen molar-refractivity contribution in [3.8, 4) is 0 Å². The maximum absolute atomic E-state index is 5.88. The molecule has 0 amide bonds. The van der Waals surface area contributed by atoms with Gasteiger partial charge in [0.15, 0.2) is 0 Å². The van der Waals surface area contributed by atoms with Gasteiger partial charge in [0, 0.05) is 27.0 Å². The van der Waals surface area contributed by atoms with Crippen LogP contribution >= 0.6 is 39.0 Å². The van der Waals surface area contributed by atoms with Crippen molar-refractivity contribution in [2.24, 2.45) is 5.73 Å². The normalized spacial score (nSPS) is 12.7. The third-order valence-corrected chi connectivity index (χ3v) is 5.59. The highest BCUT2D eigenvalue weighted by molar-refractivity contribution is 9.10. The number of aryl methyl sites for hydroxylation is 2. The molecule has 1 atom stereocenters. The molecule has 96 valence electrons. The monoisotopic (exact) mass is 342 g/mol. The van der Waals surface area contributed by atoms with Gasteiger partial charge in [-0.25, -0.2) is 4.98 Å². The molecule has 0 aliphatic carbocycles. The summed E-state index contributed by atoms with van der Waals surface area (Å²) in [7, 11) is 0. The molecule has 0 saturated carbocycles. The van der Waals surface area contributed by atoms with Crippen molar-refractivity contribution in [3.63, 3.8) is 0 Å². The molecule has 0 saturated heterocycles. The summed E-state index contributed by atoms with van der Waals surface area (Å²) in [5.41, 5.74) is 8.18. The minimum Gasteiger partial charge on any atom is -0.329 e. The SMILES string of the molecule is Cc1cc(C)nc(SC(CN)c2cc(Br)cs2)c1. The average molecular weight is 343 g/mol. The van der Waals surface area contributed by atoms with Crippen LogP contribution in [0.1, 0.15) is 21.4 Å². The van der Waals surface area contributed by atoms with E-state index in [0.29, 0.717) is 6.54 Å². The first-order valence-electron chi connectivity index (χ1n) is 5.64. The van der Waals surface area contributed by atoms with Crippen molar-refractivity contribution < 1.29 is 0 Å². The number of thioether (sulfide) groups is 1. The summed E-state index contributed by atoms with van der Waals surface area (Å²) >= 11 is 6.95. The zero-order chi connectivity index (χ0) is 13.1. The first-order valence-corrected chi connectivity index (χ1v) is 8.19. The van der Waals surface area contributed by atoms with Crippen LogP contribution in [0.4, 0.5) is 0 Å². The highest BCUT2D eigenvalue weighted by Gasteiger charge is 2.14. The topological polar surface area (TPSA) is 38.9 Å². The van der Waals surface area contributed by atoms with E-state index in [1.54, 1.807) is 23.1 Å². The highest BCUT2D eigenvalue weighted by Crippen LogP contribution is 2.37. The fourth-order valence-electron chi connectivity index (χ4n) is 1.73. The summed E-state index contributed by atoms with van der Waals surface area (Å²) in [6.07, 6.45) is 0. The second-order valence-corrected chi connectivity index (χ2v) is 7.22. The molecule has 2 rings (SSSR count). The van der Waals surface area contributed by atoms with E-state index in [4.69, 9.17) is 5.73 Å². The van der Waals surface area contributed by atoms with E-state index in [-0.39, 0.29) is 5.25 Å². The molecule has 5 heteroatoms. The number of thiophene rings is 1. The van der Waals surface area contributed by atoms with Crippen molar-refractivity contribution in [2.75, 3.05) is 6.54 Å². The van der Waals surface area contributed by atoms with Gasteiger partial charge in [-0.15, -0.1) is 11.3 Å². The molecule has 0 bridgehead atoms. The molecule has 0 aliphatic rings. The number of hydrogen-bond acceptors (Lipinski definition) is 4. The van der Waals surface area contributed by atoms with Gasteiger partial charge in [-0.05, 0) is 53.5 Å². The third kappa shape index (κ3) is 3.57. The van der Waals surface area contributed by atoms with Gasteiger partial charge in [-0.2, -0.15) is 0 Å². The molecule has 0 aliphatic heterocycles. The number of rotatable bonds is 4. The van der Waals surface area contributed by atoms with E-state index in [1.165, 1.54) is 10.4 Å². The van der Waals surface area contributed by atoms with E-state index in [2.05, 4.69) is 51.4 Å². The number of nitrogens with two attached hydrogens (primary N) is 1. The van der Waals surface area contributed by atoms with Crippen molar-refractivity contribution in [1.29, 1.82) is 0 Å². The number of pyridine rings is 1. The minimum absolute atomic E-state index is 0.273.